The maximum atomic E-state index is 12.8. The van der Waals surface area contributed by atoms with E-state index < -0.39 is 0 Å². The van der Waals surface area contributed by atoms with E-state index in [1.807, 2.05) is 55.6 Å². The summed E-state index contributed by atoms with van der Waals surface area (Å²) in [5.74, 6) is 0.985. The Bertz CT molecular complexity index is 1500. The molecule has 1 aliphatic rings. The number of rotatable bonds is 11. The molecule has 1 fully saturated rings. The molecule has 0 aliphatic heterocycles. The first-order valence-electron chi connectivity index (χ1n) is 13.6. The first-order valence-corrected chi connectivity index (χ1v) is 14.4. The van der Waals surface area contributed by atoms with Gasteiger partial charge in [-0.25, -0.2) is 4.98 Å². The average molecular weight is 545 g/mol. The van der Waals surface area contributed by atoms with Crippen LogP contribution >= 0.6 is 11.3 Å². The number of benzene rings is 2. The zero-order valence-corrected chi connectivity index (χ0v) is 23.6. The van der Waals surface area contributed by atoms with Gasteiger partial charge in [-0.15, -0.1) is 11.3 Å². The van der Waals surface area contributed by atoms with Crippen molar-refractivity contribution in [1.82, 2.24) is 9.55 Å². The molecular weight excluding hydrogens is 508 g/mol. The van der Waals surface area contributed by atoms with Crippen LogP contribution in [0, 0.1) is 18.3 Å². The van der Waals surface area contributed by atoms with Crippen molar-refractivity contribution in [2.24, 2.45) is 17.1 Å². The van der Waals surface area contributed by atoms with Crippen LogP contribution in [-0.4, -0.2) is 34.5 Å². The Kier molecular flexibility index (Phi) is 7.86. The van der Waals surface area contributed by atoms with Gasteiger partial charge in [0.2, 0.25) is 11.8 Å². The SMILES string of the molecule is Cc1sc(NC(=O)Cc2cccc(OCCC(C)(C)CCN)c2)nc1-c1ccc2c(ccn2C(=O)C2CC2)c1. The molecular formula is C31H36N4O3S. The molecule has 1 saturated carbocycles. The van der Waals surface area contributed by atoms with Gasteiger partial charge < -0.3 is 15.8 Å². The number of nitrogens with one attached hydrogen (secondary N) is 1. The lowest BCUT2D eigenvalue weighted by molar-refractivity contribution is -0.115. The van der Waals surface area contributed by atoms with Crippen LogP contribution in [0.4, 0.5) is 5.13 Å². The van der Waals surface area contributed by atoms with E-state index in [0.717, 1.165) is 64.0 Å². The summed E-state index contributed by atoms with van der Waals surface area (Å²) < 4.78 is 7.72. The molecule has 39 heavy (non-hydrogen) atoms. The third-order valence-electron chi connectivity index (χ3n) is 7.30. The predicted octanol–water partition coefficient (Wildman–Crippen LogP) is 6.45. The smallest absolute Gasteiger partial charge is 0.234 e. The monoisotopic (exact) mass is 544 g/mol. The summed E-state index contributed by atoms with van der Waals surface area (Å²) in [5.41, 5.74) is 9.45. The number of amides is 1. The second-order valence-corrected chi connectivity index (χ2v) is 12.4. The van der Waals surface area contributed by atoms with Crippen molar-refractivity contribution in [3.8, 4) is 17.0 Å². The van der Waals surface area contributed by atoms with Gasteiger partial charge >= 0.3 is 0 Å². The van der Waals surface area contributed by atoms with Crippen LogP contribution in [0.2, 0.25) is 0 Å². The topological polar surface area (TPSA) is 99.2 Å². The molecule has 8 heteroatoms. The zero-order valence-electron chi connectivity index (χ0n) is 22.8. The average Bonchev–Trinajstić information content (AvgIpc) is 3.55. The van der Waals surface area contributed by atoms with Crippen LogP contribution in [0.5, 0.6) is 5.75 Å². The minimum atomic E-state index is -0.123. The highest BCUT2D eigenvalue weighted by molar-refractivity contribution is 7.16. The minimum absolute atomic E-state index is 0.123. The van der Waals surface area contributed by atoms with E-state index in [1.165, 1.54) is 11.3 Å². The molecule has 0 radical (unpaired) electrons. The molecule has 1 amide bonds. The van der Waals surface area contributed by atoms with Gasteiger partial charge in [-0.05, 0) is 80.5 Å². The van der Waals surface area contributed by atoms with Gasteiger partial charge in [0.25, 0.3) is 0 Å². The van der Waals surface area contributed by atoms with E-state index in [9.17, 15) is 9.59 Å². The van der Waals surface area contributed by atoms with Gasteiger partial charge in [0.05, 0.1) is 24.2 Å². The molecule has 3 N–H and O–H groups in total. The normalized spacial score (nSPS) is 13.5. The van der Waals surface area contributed by atoms with Crippen LogP contribution in [0.3, 0.4) is 0 Å². The number of nitrogens with zero attached hydrogens (tertiary/aromatic N) is 2. The summed E-state index contributed by atoms with van der Waals surface area (Å²) >= 11 is 1.46. The quantitative estimate of drug-likeness (QED) is 0.226. The van der Waals surface area contributed by atoms with Gasteiger partial charge in [-0.2, -0.15) is 0 Å². The lowest BCUT2D eigenvalue weighted by Crippen LogP contribution is -2.20. The lowest BCUT2D eigenvalue weighted by atomic mass is 9.86. The summed E-state index contributed by atoms with van der Waals surface area (Å²) in [6, 6.07) is 15.7. The van der Waals surface area contributed by atoms with Gasteiger partial charge in [0, 0.05) is 27.9 Å². The van der Waals surface area contributed by atoms with Crippen molar-refractivity contribution in [3.05, 3.63) is 65.2 Å². The van der Waals surface area contributed by atoms with Gasteiger partial charge in [0.15, 0.2) is 5.13 Å². The van der Waals surface area contributed by atoms with Crippen molar-refractivity contribution in [2.45, 2.75) is 52.9 Å². The summed E-state index contributed by atoms with van der Waals surface area (Å²) in [5, 5.41) is 4.54. The third-order valence-corrected chi connectivity index (χ3v) is 8.19. The lowest BCUT2D eigenvalue weighted by Gasteiger charge is -2.23. The molecule has 0 saturated heterocycles. The van der Waals surface area contributed by atoms with Gasteiger partial charge in [-0.1, -0.05) is 32.0 Å². The van der Waals surface area contributed by atoms with Crippen LogP contribution in [0.1, 0.15) is 54.8 Å². The van der Waals surface area contributed by atoms with Gasteiger partial charge in [0.1, 0.15) is 5.75 Å². The molecule has 2 heterocycles. The molecule has 0 spiro atoms. The van der Waals surface area contributed by atoms with E-state index in [-0.39, 0.29) is 29.6 Å². The Hall–Kier alpha value is -3.49. The number of ether oxygens (including phenoxy) is 1. The fourth-order valence-electron chi connectivity index (χ4n) is 4.78. The number of nitrogens with two attached hydrogens (primary N) is 1. The van der Waals surface area contributed by atoms with Crippen LogP contribution in [0.15, 0.2) is 54.7 Å². The molecule has 2 aromatic heterocycles. The van der Waals surface area contributed by atoms with Crippen LogP contribution in [-0.2, 0) is 11.2 Å². The molecule has 204 valence electrons. The highest BCUT2D eigenvalue weighted by atomic mass is 32.1. The summed E-state index contributed by atoms with van der Waals surface area (Å²) in [7, 11) is 0. The summed E-state index contributed by atoms with van der Waals surface area (Å²) in [6.07, 6.45) is 5.93. The van der Waals surface area contributed by atoms with E-state index in [4.69, 9.17) is 15.5 Å². The number of fused-ring (bicyclic) bond motifs is 1. The Morgan fingerprint density at radius 1 is 1.15 bits per heavy atom. The Morgan fingerprint density at radius 3 is 2.74 bits per heavy atom. The Balaban J connectivity index is 1.21. The molecule has 0 atom stereocenters. The highest BCUT2D eigenvalue weighted by Crippen LogP contribution is 2.35. The van der Waals surface area contributed by atoms with Crippen LogP contribution < -0.4 is 15.8 Å². The number of aryl methyl sites for hydroxylation is 1. The summed E-state index contributed by atoms with van der Waals surface area (Å²) in [4.78, 5) is 31.1. The molecule has 1 aliphatic carbocycles. The van der Waals surface area contributed by atoms with Crippen molar-refractivity contribution in [3.63, 3.8) is 0 Å². The number of carbonyl (C=O) groups is 2. The number of hydrogen-bond donors (Lipinski definition) is 2. The second-order valence-electron chi connectivity index (χ2n) is 11.2. The fraction of sp³-hybridized carbons (Fsp3) is 0.387. The van der Waals surface area contributed by atoms with Crippen molar-refractivity contribution >= 4 is 39.2 Å². The van der Waals surface area contributed by atoms with Crippen molar-refractivity contribution < 1.29 is 14.3 Å². The Labute approximate surface area is 233 Å². The predicted molar refractivity (Wildman–Crippen MR) is 157 cm³/mol. The highest BCUT2D eigenvalue weighted by Gasteiger charge is 2.31. The molecule has 4 aromatic rings. The first kappa shape index (κ1) is 27.1. The maximum Gasteiger partial charge on any atom is 0.234 e. The van der Waals surface area contributed by atoms with Crippen LogP contribution in [0.25, 0.3) is 22.2 Å². The number of thiazole rings is 1. The number of anilines is 1. The van der Waals surface area contributed by atoms with Gasteiger partial charge in [-0.3, -0.25) is 14.2 Å². The minimum Gasteiger partial charge on any atom is -0.494 e. The van der Waals surface area contributed by atoms with Crippen molar-refractivity contribution in [2.75, 3.05) is 18.5 Å². The maximum absolute atomic E-state index is 12.8. The fourth-order valence-corrected chi connectivity index (χ4v) is 5.63. The number of aromatic nitrogens is 2. The number of hydrogen-bond acceptors (Lipinski definition) is 6. The van der Waals surface area contributed by atoms with E-state index >= 15 is 0 Å². The van der Waals surface area contributed by atoms with E-state index in [1.54, 1.807) is 4.57 Å². The number of carbonyl (C=O) groups excluding carboxylic acids is 2. The molecule has 5 rings (SSSR count). The Morgan fingerprint density at radius 2 is 1.97 bits per heavy atom. The van der Waals surface area contributed by atoms with Crippen molar-refractivity contribution in [1.29, 1.82) is 0 Å². The second kappa shape index (κ2) is 11.3. The molecule has 0 unspecified atom stereocenters. The third kappa shape index (κ3) is 6.57. The zero-order chi connectivity index (χ0) is 27.6. The molecule has 7 nitrogen and oxygen atoms in total. The molecule has 2 aromatic carbocycles. The standard InChI is InChI=1S/C31H36N4O3S/c1-20-28(24-9-10-26-23(19-24)11-15-35(26)29(37)22-7-8-22)34-30(39-20)33-27(36)18-21-5-4-6-25(17-21)38-16-13-31(2,3)12-14-32/h4-6,9-11,15,17,19,22H,7-8,12-14,16,18,32H2,1-3H3,(H,33,34,36). The van der Waals surface area contributed by atoms with E-state index in [2.05, 4.69) is 25.2 Å². The summed E-state index contributed by atoms with van der Waals surface area (Å²) in [6.45, 7) is 7.68. The largest absolute Gasteiger partial charge is 0.494 e. The first-order chi connectivity index (χ1) is 18.7. The van der Waals surface area contributed by atoms with E-state index in [0.29, 0.717) is 18.3 Å². The molecule has 0 bridgehead atoms.